The molecule has 2 atom stereocenters. The minimum absolute atomic E-state index is 0.00120. The molecule has 0 saturated carbocycles. The maximum Gasteiger partial charge on any atom is 0.303 e. The third-order valence-electron chi connectivity index (χ3n) is 3.04. The maximum atomic E-state index is 11.6. The summed E-state index contributed by atoms with van der Waals surface area (Å²) < 4.78 is 5.07. The minimum Gasteiger partial charge on any atom is -0.481 e. The van der Waals surface area contributed by atoms with Gasteiger partial charge in [-0.05, 0) is 31.6 Å². The molecule has 5 heteroatoms. The Morgan fingerprint density at radius 1 is 1.26 bits per heavy atom. The van der Waals surface area contributed by atoms with E-state index in [1.165, 1.54) is 0 Å². The first-order valence-electron chi connectivity index (χ1n) is 6.86. The van der Waals surface area contributed by atoms with E-state index in [1.807, 2.05) is 6.92 Å². The van der Waals surface area contributed by atoms with Gasteiger partial charge in [-0.1, -0.05) is 13.8 Å². The number of methoxy groups -OCH3 is 1. The molecule has 0 aliphatic heterocycles. The monoisotopic (exact) mass is 273 g/mol. The Labute approximate surface area is 115 Å². The van der Waals surface area contributed by atoms with Crippen LogP contribution in [0.3, 0.4) is 0 Å². The van der Waals surface area contributed by atoms with Gasteiger partial charge in [-0.3, -0.25) is 9.59 Å². The molecule has 19 heavy (non-hydrogen) atoms. The number of hydrogen-bond acceptors (Lipinski definition) is 3. The van der Waals surface area contributed by atoms with Gasteiger partial charge in [0.2, 0.25) is 5.91 Å². The van der Waals surface area contributed by atoms with Crippen molar-refractivity contribution < 1.29 is 19.4 Å². The van der Waals surface area contributed by atoms with E-state index in [4.69, 9.17) is 9.84 Å². The van der Waals surface area contributed by atoms with Gasteiger partial charge in [-0.15, -0.1) is 0 Å². The standard InChI is InChI=1S/C14H27NO4/c1-10(2)7-12(8-14(17)18)9-15-13(16)6-5-11(3)19-4/h10-12H,5-9H2,1-4H3,(H,15,16)(H,17,18)/t11?,12-/m0/s1. The molecule has 5 nitrogen and oxygen atoms in total. The quantitative estimate of drug-likeness (QED) is 0.639. The number of carbonyl (C=O) groups excluding carboxylic acids is 1. The molecule has 0 radical (unpaired) electrons. The molecule has 1 amide bonds. The van der Waals surface area contributed by atoms with Gasteiger partial charge in [0, 0.05) is 26.5 Å². The molecule has 112 valence electrons. The molecule has 0 rings (SSSR count). The Kier molecular flexibility index (Phi) is 9.21. The predicted molar refractivity (Wildman–Crippen MR) is 73.9 cm³/mol. The van der Waals surface area contributed by atoms with Gasteiger partial charge in [-0.25, -0.2) is 0 Å². The molecule has 0 saturated heterocycles. The van der Waals surface area contributed by atoms with Gasteiger partial charge >= 0.3 is 5.97 Å². The Bertz CT molecular complexity index is 279. The van der Waals surface area contributed by atoms with E-state index < -0.39 is 5.97 Å². The second-order valence-electron chi connectivity index (χ2n) is 5.48. The number of carboxylic acids is 1. The van der Waals surface area contributed by atoms with Crippen molar-refractivity contribution in [2.75, 3.05) is 13.7 Å². The van der Waals surface area contributed by atoms with E-state index in [-0.39, 0.29) is 24.3 Å². The Morgan fingerprint density at radius 2 is 1.89 bits per heavy atom. The number of carbonyl (C=O) groups is 2. The van der Waals surface area contributed by atoms with Crippen molar-refractivity contribution in [1.82, 2.24) is 5.32 Å². The number of nitrogens with one attached hydrogen (secondary N) is 1. The second kappa shape index (κ2) is 9.78. The lowest BCUT2D eigenvalue weighted by atomic mass is 9.94. The lowest BCUT2D eigenvalue weighted by Crippen LogP contribution is -2.31. The lowest BCUT2D eigenvalue weighted by Gasteiger charge is -2.18. The van der Waals surface area contributed by atoms with Crippen LogP contribution in [0.4, 0.5) is 0 Å². The molecule has 0 aromatic rings. The van der Waals surface area contributed by atoms with Crippen LogP contribution in [-0.2, 0) is 14.3 Å². The molecule has 0 aliphatic rings. The van der Waals surface area contributed by atoms with E-state index in [0.29, 0.717) is 25.3 Å². The van der Waals surface area contributed by atoms with Crippen LogP contribution in [0.1, 0.15) is 46.5 Å². The summed E-state index contributed by atoms with van der Waals surface area (Å²) in [6.07, 6.45) is 2.07. The minimum atomic E-state index is -0.812. The van der Waals surface area contributed by atoms with Gasteiger partial charge in [0.05, 0.1) is 6.10 Å². The van der Waals surface area contributed by atoms with Crippen molar-refractivity contribution in [3.63, 3.8) is 0 Å². The predicted octanol–water partition coefficient (Wildman–Crippen LogP) is 2.05. The normalized spacial score (nSPS) is 14.2. The summed E-state index contributed by atoms with van der Waals surface area (Å²) >= 11 is 0. The van der Waals surface area contributed by atoms with Crippen LogP contribution in [-0.4, -0.2) is 36.7 Å². The summed E-state index contributed by atoms with van der Waals surface area (Å²) in [6.45, 7) is 6.46. The van der Waals surface area contributed by atoms with E-state index >= 15 is 0 Å². The van der Waals surface area contributed by atoms with Crippen molar-refractivity contribution in [1.29, 1.82) is 0 Å². The highest BCUT2D eigenvalue weighted by Gasteiger charge is 2.16. The number of hydrogen-bond donors (Lipinski definition) is 2. The van der Waals surface area contributed by atoms with Gasteiger partial charge < -0.3 is 15.2 Å². The van der Waals surface area contributed by atoms with Crippen LogP contribution >= 0.6 is 0 Å². The van der Waals surface area contributed by atoms with Crippen molar-refractivity contribution in [3.8, 4) is 0 Å². The number of carboxylic acid groups (broad SMARTS) is 1. The van der Waals surface area contributed by atoms with Crippen molar-refractivity contribution in [2.45, 2.75) is 52.6 Å². The average molecular weight is 273 g/mol. The van der Waals surface area contributed by atoms with Gasteiger partial charge in [0.25, 0.3) is 0 Å². The van der Waals surface area contributed by atoms with E-state index in [2.05, 4.69) is 19.2 Å². The molecule has 1 unspecified atom stereocenters. The molecular formula is C14H27NO4. The fourth-order valence-corrected chi connectivity index (χ4v) is 1.95. The van der Waals surface area contributed by atoms with E-state index in [9.17, 15) is 9.59 Å². The van der Waals surface area contributed by atoms with Crippen LogP contribution in [0.25, 0.3) is 0 Å². The first-order valence-corrected chi connectivity index (χ1v) is 6.86. The Morgan fingerprint density at radius 3 is 2.37 bits per heavy atom. The summed E-state index contributed by atoms with van der Waals surface area (Å²) in [5.41, 5.74) is 0. The smallest absolute Gasteiger partial charge is 0.303 e. The third-order valence-corrected chi connectivity index (χ3v) is 3.04. The first-order chi connectivity index (χ1) is 8.85. The maximum absolute atomic E-state index is 11.6. The summed E-state index contributed by atoms with van der Waals surface area (Å²) in [7, 11) is 1.62. The van der Waals surface area contributed by atoms with Crippen LogP contribution in [0, 0.1) is 11.8 Å². The first kappa shape index (κ1) is 17.9. The zero-order valence-electron chi connectivity index (χ0n) is 12.4. The summed E-state index contributed by atoms with van der Waals surface area (Å²) in [6, 6.07) is 0. The van der Waals surface area contributed by atoms with Crippen LogP contribution < -0.4 is 5.32 Å². The number of rotatable bonds is 10. The molecule has 0 spiro atoms. The highest BCUT2D eigenvalue weighted by Crippen LogP contribution is 2.14. The molecule has 0 fully saturated rings. The summed E-state index contributed by atoms with van der Waals surface area (Å²) in [5.74, 6) is -0.424. The largest absolute Gasteiger partial charge is 0.481 e. The number of amides is 1. The fourth-order valence-electron chi connectivity index (χ4n) is 1.95. The van der Waals surface area contributed by atoms with Crippen LogP contribution in [0.2, 0.25) is 0 Å². The second-order valence-corrected chi connectivity index (χ2v) is 5.48. The fraction of sp³-hybridized carbons (Fsp3) is 0.857. The summed E-state index contributed by atoms with van der Waals surface area (Å²) in [4.78, 5) is 22.4. The van der Waals surface area contributed by atoms with Gasteiger partial charge in [0.15, 0.2) is 0 Å². The molecule has 0 aromatic carbocycles. The molecular weight excluding hydrogens is 246 g/mol. The number of ether oxygens (including phenoxy) is 1. The molecule has 0 heterocycles. The zero-order valence-corrected chi connectivity index (χ0v) is 12.4. The Balaban J connectivity index is 4.01. The zero-order chi connectivity index (χ0) is 14.8. The topological polar surface area (TPSA) is 75.6 Å². The SMILES string of the molecule is COC(C)CCC(=O)NC[C@H](CC(=O)O)CC(C)C. The molecule has 0 bridgehead atoms. The average Bonchev–Trinajstić information content (AvgIpc) is 2.31. The van der Waals surface area contributed by atoms with Crippen LogP contribution in [0.5, 0.6) is 0 Å². The van der Waals surface area contributed by atoms with Gasteiger partial charge in [0.1, 0.15) is 0 Å². The van der Waals surface area contributed by atoms with Crippen molar-refractivity contribution in [3.05, 3.63) is 0 Å². The van der Waals surface area contributed by atoms with E-state index in [0.717, 1.165) is 6.42 Å². The highest BCUT2D eigenvalue weighted by molar-refractivity contribution is 5.76. The van der Waals surface area contributed by atoms with Crippen molar-refractivity contribution >= 4 is 11.9 Å². The highest BCUT2D eigenvalue weighted by atomic mass is 16.5. The van der Waals surface area contributed by atoms with Crippen LogP contribution in [0.15, 0.2) is 0 Å². The molecule has 2 N–H and O–H groups in total. The summed E-state index contributed by atoms with van der Waals surface area (Å²) in [5, 5.41) is 11.7. The Hall–Kier alpha value is -1.10. The van der Waals surface area contributed by atoms with Gasteiger partial charge in [-0.2, -0.15) is 0 Å². The molecule has 0 aliphatic carbocycles. The molecule has 0 aromatic heterocycles. The third kappa shape index (κ3) is 10.5. The number of aliphatic carboxylic acids is 1. The van der Waals surface area contributed by atoms with Crippen molar-refractivity contribution in [2.24, 2.45) is 11.8 Å². The lowest BCUT2D eigenvalue weighted by molar-refractivity contribution is -0.138. The van der Waals surface area contributed by atoms with E-state index in [1.54, 1.807) is 7.11 Å².